The Bertz CT molecular complexity index is 654. The van der Waals surface area contributed by atoms with Gasteiger partial charge in [0.15, 0.2) is 5.78 Å². The number of nitrogens with one attached hydrogen (secondary N) is 1. The molecule has 108 valence electrons. The second kappa shape index (κ2) is 5.69. The molecule has 1 saturated heterocycles. The molecular weight excluding hydrogens is 288 g/mol. The van der Waals surface area contributed by atoms with Crippen LogP contribution in [0.25, 0.3) is 0 Å². The van der Waals surface area contributed by atoms with Crippen LogP contribution in [0.1, 0.15) is 15.9 Å². The number of thioether (sulfide) groups is 1. The van der Waals surface area contributed by atoms with Crippen LogP contribution in [0.2, 0.25) is 0 Å². The van der Waals surface area contributed by atoms with E-state index in [1.807, 2.05) is 31.2 Å². The molecule has 2 heterocycles. The molecule has 1 N–H and O–H groups in total. The monoisotopic (exact) mass is 302 g/mol. The first kappa shape index (κ1) is 13.8. The smallest absolute Gasteiger partial charge is 0.239 e. The molecule has 0 saturated carbocycles. The maximum absolute atomic E-state index is 12.5. The minimum atomic E-state index is -0.282. The third-order valence-corrected chi connectivity index (χ3v) is 4.52. The highest BCUT2D eigenvalue weighted by Gasteiger charge is 2.33. The number of H-pyrrole nitrogens is 1. The summed E-state index contributed by atoms with van der Waals surface area (Å²) in [5, 5.41) is 6.13. The Hall–Kier alpha value is -2.15. The summed E-state index contributed by atoms with van der Waals surface area (Å²) >= 11 is 1.38. The molecular formula is C14H14N4O2S. The predicted octanol–water partition coefficient (Wildman–Crippen LogP) is 1.44. The Kier molecular flexibility index (Phi) is 3.74. The van der Waals surface area contributed by atoms with E-state index in [-0.39, 0.29) is 22.7 Å². The molecule has 1 aromatic carbocycles. The summed E-state index contributed by atoms with van der Waals surface area (Å²) in [5.74, 6) is 0.631. The Morgan fingerprint density at radius 1 is 1.38 bits per heavy atom. The van der Waals surface area contributed by atoms with Gasteiger partial charge in [-0.15, -0.1) is 11.8 Å². The lowest BCUT2D eigenvalue weighted by Crippen LogP contribution is -2.45. The van der Waals surface area contributed by atoms with Gasteiger partial charge in [0.05, 0.1) is 11.0 Å². The Morgan fingerprint density at radius 2 is 2.14 bits per heavy atom. The summed E-state index contributed by atoms with van der Waals surface area (Å²) in [7, 11) is 0. The van der Waals surface area contributed by atoms with Gasteiger partial charge in [0.25, 0.3) is 0 Å². The molecule has 6 nitrogen and oxygen atoms in total. The lowest BCUT2D eigenvalue weighted by Gasteiger charge is -2.29. The van der Waals surface area contributed by atoms with Gasteiger partial charge in [-0.3, -0.25) is 14.5 Å². The molecule has 0 spiro atoms. The quantitative estimate of drug-likeness (QED) is 0.868. The van der Waals surface area contributed by atoms with Gasteiger partial charge in [-0.05, 0) is 6.92 Å². The van der Waals surface area contributed by atoms with Crippen LogP contribution in [-0.4, -0.2) is 44.4 Å². The van der Waals surface area contributed by atoms with Crippen LogP contribution >= 0.6 is 11.8 Å². The first-order valence-corrected chi connectivity index (χ1v) is 7.58. The van der Waals surface area contributed by atoms with Gasteiger partial charge in [-0.2, -0.15) is 10.1 Å². The highest BCUT2D eigenvalue weighted by Crippen LogP contribution is 2.25. The van der Waals surface area contributed by atoms with Crippen molar-refractivity contribution in [2.24, 2.45) is 0 Å². The van der Waals surface area contributed by atoms with E-state index in [9.17, 15) is 9.59 Å². The lowest BCUT2D eigenvalue weighted by molar-refractivity contribution is -0.116. The van der Waals surface area contributed by atoms with Crippen LogP contribution in [0.4, 0.5) is 5.95 Å². The molecule has 0 aliphatic carbocycles. The molecule has 1 aliphatic heterocycles. The number of aromatic amines is 1. The number of amides is 1. The summed E-state index contributed by atoms with van der Waals surface area (Å²) in [5.41, 5.74) is 1.78. The molecule has 7 heteroatoms. The second-order valence-corrected chi connectivity index (χ2v) is 6.03. The topological polar surface area (TPSA) is 79.0 Å². The van der Waals surface area contributed by atoms with Crippen molar-refractivity contribution in [1.29, 1.82) is 0 Å². The van der Waals surface area contributed by atoms with Crippen LogP contribution in [0.3, 0.4) is 0 Å². The average Bonchev–Trinajstić information content (AvgIpc) is 3.02. The summed E-state index contributed by atoms with van der Waals surface area (Å²) in [6.07, 6.45) is 1.35. The zero-order valence-electron chi connectivity index (χ0n) is 11.4. The highest BCUT2D eigenvalue weighted by molar-refractivity contribution is 8.01. The van der Waals surface area contributed by atoms with E-state index in [1.54, 1.807) is 0 Å². The summed E-state index contributed by atoms with van der Waals surface area (Å²) < 4.78 is 0. The molecule has 0 radical (unpaired) electrons. The third-order valence-electron chi connectivity index (χ3n) is 3.34. The average molecular weight is 302 g/mol. The number of aryl methyl sites for hydroxylation is 1. The molecule has 1 amide bonds. The van der Waals surface area contributed by atoms with Gasteiger partial charge in [-0.1, -0.05) is 29.8 Å². The number of carbonyl (C=O) groups excluding carboxylic acids is 2. The maximum atomic E-state index is 12.5. The highest BCUT2D eigenvalue weighted by atomic mass is 32.2. The van der Waals surface area contributed by atoms with Crippen molar-refractivity contribution in [3.05, 3.63) is 41.7 Å². The van der Waals surface area contributed by atoms with Crippen molar-refractivity contribution in [3.63, 3.8) is 0 Å². The number of hydrogen-bond acceptors (Lipinski definition) is 5. The fourth-order valence-electron chi connectivity index (χ4n) is 2.17. The third kappa shape index (κ3) is 2.82. The minimum Gasteiger partial charge on any atom is -0.293 e. The molecule has 0 bridgehead atoms. The van der Waals surface area contributed by atoms with E-state index >= 15 is 0 Å². The molecule has 21 heavy (non-hydrogen) atoms. The number of benzene rings is 1. The standard InChI is InChI=1S/C14H14N4O2S/c1-9-2-4-10(5-3-9)13(20)11-6-18(12(19)7-21-11)14-15-8-16-17-14/h2-5,8,11H,6-7H2,1H3,(H,15,16,17). The zero-order chi connectivity index (χ0) is 14.8. The van der Waals surface area contributed by atoms with Gasteiger partial charge >= 0.3 is 0 Å². The SMILES string of the molecule is Cc1ccc(C(=O)C2CN(c3ncn[nH]3)C(=O)CS2)cc1. The predicted molar refractivity (Wildman–Crippen MR) is 80.5 cm³/mol. The summed E-state index contributed by atoms with van der Waals surface area (Å²) in [4.78, 5) is 29.9. The number of anilines is 1. The fraction of sp³-hybridized carbons (Fsp3) is 0.286. The number of carbonyl (C=O) groups is 2. The van der Waals surface area contributed by atoms with Crippen molar-refractivity contribution < 1.29 is 9.59 Å². The molecule has 1 atom stereocenters. The van der Waals surface area contributed by atoms with E-state index in [0.29, 0.717) is 18.1 Å². The Labute approximate surface area is 125 Å². The van der Waals surface area contributed by atoms with Crippen molar-refractivity contribution in [1.82, 2.24) is 15.2 Å². The van der Waals surface area contributed by atoms with Gasteiger partial charge in [0.1, 0.15) is 6.33 Å². The van der Waals surface area contributed by atoms with Crippen LogP contribution < -0.4 is 4.90 Å². The second-order valence-electron chi connectivity index (χ2n) is 4.84. The number of rotatable bonds is 3. The van der Waals surface area contributed by atoms with E-state index in [4.69, 9.17) is 0 Å². The van der Waals surface area contributed by atoms with Crippen molar-refractivity contribution in [2.75, 3.05) is 17.2 Å². The number of aromatic nitrogens is 3. The van der Waals surface area contributed by atoms with Crippen molar-refractivity contribution in [2.45, 2.75) is 12.2 Å². The Balaban J connectivity index is 1.78. The van der Waals surface area contributed by atoms with Crippen LogP contribution in [-0.2, 0) is 4.79 Å². The van der Waals surface area contributed by atoms with Crippen molar-refractivity contribution >= 4 is 29.4 Å². The molecule has 1 unspecified atom stereocenters. The number of nitrogens with zero attached hydrogens (tertiary/aromatic N) is 3. The first-order valence-electron chi connectivity index (χ1n) is 6.53. The van der Waals surface area contributed by atoms with Crippen LogP contribution in [0, 0.1) is 6.92 Å². The van der Waals surface area contributed by atoms with E-state index in [1.165, 1.54) is 23.0 Å². The first-order chi connectivity index (χ1) is 10.1. The van der Waals surface area contributed by atoms with E-state index < -0.39 is 0 Å². The molecule has 1 fully saturated rings. The molecule has 1 aliphatic rings. The normalized spacial score (nSPS) is 18.8. The van der Waals surface area contributed by atoms with E-state index in [2.05, 4.69) is 15.2 Å². The molecule has 1 aromatic heterocycles. The van der Waals surface area contributed by atoms with Crippen molar-refractivity contribution in [3.8, 4) is 0 Å². The summed E-state index contributed by atoms with van der Waals surface area (Å²) in [6.45, 7) is 2.29. The van der Waals surface area contributed by atoms with Gasteiger partial charge in [0, 0.05) is 12.1 Å². The van der Waals surface area contributed by atoms with Crippen LogP contribution in [0.15, 0.2) is 30.6 Å². The molecule has 2 aromatic rings. The lowest BCUT2D eigenvalue weighted by atomic mass is 10.1. The summed E-state index contributed by atoms with van der Waals surface area (Å²) in [6, 6.07) is 7.49. The Morgan fingerprint density at radius 3 is 2.81 bits per heavy atom. The largest absolute Gasteiger partial charge is 0.293 e. The number of hydrogen-bond donors (Lipinski definition) is 1. The van der Waals surface area contributed by atoms with Gasteiger partial charge in [-0.25, -0.2) is 5.10 Å². The molecule has 3 rings (SSSR count). The van der Waals surface area contributed by atoms with Gasteiger partial charge in [0.2, 0.25) is 11.9 Å². The zero-order valence-corrected chi connectivity index (χ0v) is 12.3. The fourth-order valence-corrected chi connectivity index (χ4v) is 3.21. The van der Waals surface area contributed by atoms with Gasteiger partial charge < -0.3 is 0 Å². The van der Waals surface area contributed by atoms with E-state index in [0.717, 1.165) is 5.56 Å². The van der Waals surface area contributed by atoms with Crippen LogP contribution in [0.5, 0.6) is 0 Å². The number of ketones is 1. The maximum Gasteiger partial charge on any atom is 0.239 e. The number of Topliss-reactive ketones (excluding diaryl/α,β-unsaturated/α-hetero) is 1. The minimum absolute atomic E-state index is 0.0389.